The van der Waals surface area contributed by atoms with Crippen LogP contribution in [0.1, 0.15) is 17.0 Å². The molecule has 0 aliphatic rings. The van der Waals surface area contributed by atoms with Crippen LogP contribution in [-0.4, -0.2) is 30.1 Å². The minimum absolute atomic E-state index is 0.528. The molecule has 0 fully saturated rings. The first-order valence-corrected chi connectivity index (χ1v) is 8.26. The Labute approximate surface area is 150 Å². The summed E-state index contributed by atoms with van der Waals surface area (Å²) < 4.78 is 0. The molecule has 1 N–H and O–H groups in total. The third kappa shape index (κ3) is 3.32. The Hall–Kier alpha value is -3.48. The van der Waals surface area contributed by atoms with E-state index in [1.54, 1.807) is 6.20 Å². The predicted molar refractivity (Wildman–Crippen MR) is 99.4 cm³/mol. The summed E-state index contributed by atoms with van der Waals surface area (Å²) in [5.74, 6) is 0.730. The molecule has 0 saturated heterocycles. The van der Waals surface area contributed by atoms with Crippen molar-refractivity contribution in [3.05, 3.63) is 66.0 Å². The van der Waals surface area contributed by atoms with Crippen LogP contribution in [0.3, 0.4) is 0 Å². The zero-order chi connectivity index (χ0) is 17.9. The monoisotopic (exact) mass is 343 g/mol. The summed E-state index contributed by atoms with van der Waals surface area (Å²) in [5.41, 5.74) is 5.22. The summed E-state index contributed by atoms with van der Waals surface area (Å²) in [6, 6.07) is 9.82. The van der Waals surface area contributed by atoms with Crippen LogP contribution < -0.4 is 5.32 Å². The molecule has 0 radical (unpaired) electrons. The van der Waals surface area contributed by atoms with Gasteiger partial charge in [-0.15, -0.1) is 0 Å². The third-order valence-corrected chi connectivity index (χ3v) is 3.99. The van der Waals surface area contributed by atoms with Crippen molar-refractivity contribution in [2.45, 2.75) is 20.4 Å². The van der Waals surface area contributed by atoms with E-state index < -0.39 is 0 Å². The molecular formula is C19H17N7. The van der Waals surface area contributed by atoms with Gasteiger partial charge in [-0.25, -0.2) is 9.97 Å². The molecule has 4 aromatic heterocycles. The highest BCUT2D eigenvalue weighted by Crippen LogP contribution is 2.24. The first kappa shape index (κ1) is 16.0. The van der Waals surface area contributed by atoms with Crippen molar-refractivity contribution in [1.82, 2.24) is 30.1 Å². The van der Waals surface area contributed by atoms with Crippen molar-refractivity contribution in [3.63, 3.8) is 0 Å². The molecule has 0 bridgehead atoms. The molecule has 0 atom stereocenters. The molecule has 0 aromatic carbocycles. The van der Waals surface area contributed by atoms with Gasteiger partial charge >= 0.3 is 0 Å². The zero-order valence-electron chi connectivity index (χ0n) is 14.5. The summed E-state index contributed by atoms with van der Waals surface area (Å²) >= 11 is 0. The Bertz CT molecular complexity index is 1040. The van der Waals surface area contributed by atoms with Crippen LogP contribution in [0.25, 0.3) is 22.3 Å². The predicted octanol–water partition coefficient (Wildman–Crippen LogP) is 3.11. The van der Waals surface area contributed by atoms with Gasteiger partial charge in [-0.05, 0) is 43.7 Å². The second-order valence-corrected chi connectivity index (χ2v) is 6.05. The number of nitrogens with one attached hydrogen (secondary N) is 1. The maximum absolute atomic E-state index is 4.47. The molecule has 0 amide bonds. The fourth-order valence-electron chi connectivity index (χ4n) is 2.55. The van der Waals surface area contributed by atoms with Gasteiger partial charge in [0.05, 0.1) is 41.0 Å². The van der Waals surface area contributed by atoms with Gasteiger partial charge in [0.1, 0.15) is 12.1 Å². The third-order valence-electron chi connectivity index (χ3n) is 3.99. The van der Waals surface area contributed by atoms with E-state index in [0.29, 0.717) is 6.54 Å². The molecule has 26 heavy (non-hydrogen) atoms. The summed E-state index contributed by atoms with van der Waals surface area (Å²) in [4.78, 5) is 17.6. The number of hydrogen-bond acceptors (Lipinski definition) is 7. The topological polar surface area (TPSA) is 89.4 Å². The second kappa shape index (κ2) is 6.79. The zero-order valence-corrected chi connectivity index (χ0v) is 14.5. The smallest absolute Gasteiger partial charge is 0.137 e. The maximum Gasteiger partial charge on any atom is 0.137 e. The molecule has 4 heterocycles. The van der Waals surface area contributed by atoms with Gasteiger partial charge in [-0.1, -0.05) is 6.07 Å². The van der Waals surface area contributed by atoms with Crippen molar-refractivity contribution in [2.24, 2.45) is 0 Å². The highest BCUT2D eigenvalue weighted by atomic mass is 15.1. The van der Waals surface area contributed by atoms with Crippen LogP contribution in [-0.2, 0) is 6.54 Å². The van der Waals surface area contributed by atoms with Crippen molar-refractivity contribution < 1.29 is 0 Å². The van der Waals surface area contributed by atoms with Crippen LogP contribution in [0, 0.1) is 13.8 Å². The molecule has 0 unspecified atom stereocenters. The number of nitrogens with zero attached hydrogens (tertiary/aromatic N) is 6. The first-order valence-electron chi connectivity index (χ1n) is 8.26. The summed E-state index contributed by atoms with van der Waals surface area (Å²) in [6.07, 6.45) is 5.10. The maximum atomic E-state index is 4.47. The van der Waals surface area contributed by atoms with Gasteiger partial charge in [0, 0.05) is 11.6 Å². The van der Waals surface area contributed by atoms with Gasteiger partial charge in [-0.2, -0.15) is 10.2 Å². The molecule has 7 heteroatoms. The van der Waals surface area contributed by atoms with Crippen molar-refractivity contribution >= 4 is 16.7 Å². The van der Waals surface area contributed by atoms with Crippen LogP contribution in [0.4, 0.5) is 5.82 Å². The Kier molecular flexibility index (Phi) is 4.18. The van der Waals surface area contributed by atoms with Crippen molar-refractivity contribution in [3.8, 4) is 11.4 Å². The van der Waals surface area contributed by atoms with Crippen molar-refractivity contribution in [2.75, 3.05) is 5.32 Å². The number of fused-ring (bicyclic) bond motifs is 1. The van der Waals surface area contributed by atoms with Crippen LogP contribution in [0.2, 0.25) is 0 Å². The van der Waals surface area contributed by atoms with Gasteiger partial charge in [0.2, 0.25) is 0 Å². The number of hydrogen-bond donors (Lipinski definition) is 1. The Morgan fingerprint density at radius 1 is 0.846 bits per heavy atom. The minimum Gasteiger partial charge on any atom is -0.364 e. The van der Waals surface area contributed by atoms with Gasteiger partial charge < -0.3 is 5.32 Å². The number of rotatable bonds is 4. The molecule has 0 spiro atoms. The average molecular weight is 343 g/mol. The summed E-state index contributed by atoms with van der Waals surface area (Å²) in [7, 11) is 0. The van der Waals surface area contributed by atoms with Crippen LogP contribution >= 0.6 is 0 Å². The molecule has 4 aromatic rings. The Balaban J connectivity index is 1.66. The summed E-state index contributed by atoms with van der Waals surface area (Å²) in [5, 5.41) is 12.4. The fourth-order valence-corrected chi connectivity index (χ4v) is 2.55. The van der Waals surface area contributed by atoms with Gasteiger partial charge in [0.15, 0.2) is 0 Å². The molecular weight excluding hydrogens is 326 g/mol. The number of anilines is 1. The number of pyridine rings is 2. The summed E-state index contributed by atoms with van der Waals surface area (Å²) in [6.45, 7) is 4.45. The van der Waals surface area contributed by atoms with E-state index in [-0.39, 0.29) is 0 Å². The van der Waals surface area contributed by atoms with Crippen LogP contribution in [0.15, 0.2) is 49.1 Å². The van der Waals surface area contributed by atoms with Crippen LogP contribution in [0.5, 0.6) is 0 Å². The van der Waals surface area contributed by atoms with Crippen molar-refractivity contribution in [1.29, 1.82) is 0 Å². The van der Waals surface area contributed by atoms with Gasteiger partial charge in [0.25, 0.3) is 0 Å². The quantitative estimate of drug-likeness (QED) is 0.609. The highest BCUT2D eigenvalue weighted by molar-refractivity contribution is 5.90. The minimum atomic E-state index is 0.528. The molecule has 0 saturated carbocycles. The lowest BCUT2D eigenvalue weighted by Gasteiger charge is -2.09. The standard InChI is InChI=1S/C19H17N7/c1-12-3-6-16(20-8-12)17-7-15-18(10-21-17)23-11-24-19(15)22-9-14-5-4-13(2)25-26-14/h3-8,10-11H,9H2,1-2H3,(H,22,23,24). The Morgan fingerprint density at radius 2 is 1.73 bits per heavy atom. The highest BCUT2D eigenvalue weighted by Gasteiger charge is 2.08. The normalized spacial score (nSPS) is 10.8. The van der Waals surface area contributed by atoms with E-state index in [2.05, 4.69) is 35.5 Å². The SMILES string of the molecule is Cc1ccc(-c2cc3c(NCc4ccc(C)nn4)ncnc3cn2)nc1. The number of aromatic nitrogens is 6. The van der Waals surface area contributed by atoms with Gasteiger partial charge in [-0.3, -0.25) is 9.97 Å². The number of aryl methyl sites for hydroxylation is 2. The molecule has 7 nitrogen and oxygen atoms in total. The van der Waals surface area contributed by atoms with E-state index in [4.69, 9.17) is 0 Å². The molecule has 4 rings (SSSR count). The lowest BCUT2D eigenvalue weighted by atomic mass is 10.2. The largest absolute Gasteiger partial charge is 0.364 e. The lowest BCUT2D eigenvalue weighted by Crippen LogP contribution is -2.05. The Morgan fingerprint density at radius 3 is 2.50 bits per heavy atom. The second-order valence-electron chi connectivity index (χ2n) is 6.05. The van der Waals surface area contributed by atoms with E-state index >= 15 is 0 Å². The van der Waals surface area contributed by atoms with E-state index in [1.807, 2.05) is 50.4 Å². The first-order chi connectivity index (χ1) is 12.7. The fraction of sp³-hybridized carbons (Fsp3) is 0.158. The molecule has 128 valence electrons. The average Bonchev–Trinajstić information content (AvgIpc) is 2.68. The lowest BCUT2D eigenvalue weighted by molar-refractivity contribution is 0.895. The van der Waals surface area contributed by atoms with E-state index in [9.17, 15) is 0 Å². The molecule has 0 aliphatic heterocycles. The van der Waals surface area contributed by atoms with E-state index in [0.717, 1.165) is 45.1 Å². The molecule has 0 aliphatic carbocycles. The van der Waals surface area contributed by atoms with E-state index in [1.165, 1.54) is 6.33 Å².